The first-order chi connectivity index (χ1) is 14.2. The van der Waals surface area contributed by atoms with E-state index < -0.39 is 60.6 Å². The Labute approximate surface area is 173 Å². The minimum absolute atomic E-state index is 0.0902. The van der Waals surface area contributed by atoms with E-state index in [0.717, 1.165) is 4.90 Å². The van der Waals surface area contributed by atoms with Gasteiger partial charge in [0.1, 0.15) is 24.1 Å². The number of carbonyl (C=O) groups excluding carboxylic acids is 1. The molecule has 1 aromatic heterocycles. The lowest BCUT2D eigenvalue weighted by Crippen LogP contribution is -2.52. The molecule has 31 heavy (non-hydrogen) atoms. The highest BCUT2D eigenvalue weighted by atomic mass is 31.3. The predicted octanol–water partition coefficient (Wildman–Crippen LogP) is -1.50. The second-order valence-electron chi connectivity index (χ2n) is 6.37. The second kappa shape index (κ2) is 8.72. The van der Waals surface area contributed by atoms with Crippen molar-refractivity contribution in [1.82, 2.24) is 14.5 Å². The number of ether oxygens (including phenoxy) is 1. The molecular weight excluding hydrogens is 491 g/mol. The summed E-state index contributed by atoms with van der Waals surface area (Å²) in [6.07, 6.45) is -3.04. The van der Waals surface area contributed by atoms with Crippen molar-refractivity contribution in [2.75, 3.05) is 13.2 Å². The van der Waals surface area contributed by atoms with E-state index in [1.807, 2.05) is 0 Å². The number of nitrogens with zero attached hydrogens (tertiary/aromatic N) is 3. The Bertz CT molecular complexity index is 978. The van der Waals surface area contributed by atoms with Crippen molar-refractivity contribution in [2.24, 2.45) is 0 Å². The van der Waals surface area contributed by atoms with Crippen LogP contribution in [0.5, 0.6) is 0 Å². The number of amides is 1. The molecule has 0 aromatic carbocycles. The fourth-order valence-electron chi connectivity index (χ4n) is 2.98. The van der Waals surface area contributed by atoms with Gasteiger partial charge >= 0.3 is 29.5 Å². The molecule has 3 heterocycles. The van der Waals surface area contributed by atoms with Gasteiger partial charge in [-0.2, -0.15) is 8.62 Å². The van der Waals surface area contributed by atoms with E-state index in [1.165, 1.54) is 17.0 Å². The molecule has 1 fully saturated rings. The Morgan fingerprint density at radius 3 is 2.42 bits per heavy atom. The van der Waals surface area contributed by atoms with E-state index in [1.54, 1.807) is 0 Å². The highest BCUT2D eigenvalue weighted by molar-refractivity contribution is 7.66. The number of phosphoric ester groups is 1. The Balaban J connectivity index is 1.62. The van der Waals surface area contributed by atoms with E-state index in [4.69, 9.17) is 19.4 Å². The monoisotopic (exact) mass is 509 g/mol. The van der Waals surface area contributed by atoms with Crippen molar-refractivity contribution in [1.29, 1.82) is 0 Å². The molecule has 2 unspecified atom stereocenters. The molecule has 0 saturated carbocycles. The van der Waals surface area contributed by atoms with Crippen LogP contribution in [0.2, 0.25) is 0 Å². The largest absolute Gasteiger partial charge is 0.490 e. The normalized spacial score (nSPS) is 30.6. The third-order valence-corrected chi connectivity index (χ3v) is 8.01. The van der Waals surface area contributed by atoms with Gasteiger partial charge < -0.3 is 34.5 Å². The molecule has 1 aromatic rings. The van der Waals surface area contributed by atoms with Gasteiger partial charge in [0.2, 0.25) is 0 Å². The molecule has 20 heteroatoms. The zero-order chi connectivity index (χ0) is 23.2. The van der Waals surface area contributed by atoms with Crippen LogP contribution in [0.15, 0.2) is 12.4 Å². The van der Waals surface area contributed by atoms with Crippen molar-refractivity contribution in [2.45, 2.75) is 31.0 Å². The van der Waals surface area contributed by atoms with Gasteiger partial charge in [0.25, 0.3) is 0 Å². The summed E-state index contributed by atoms with van der Waals surface area (Å²) in [4.78, 5) is 53.2. The second-order valence-corrected chi connectivity index (χ2v) is 10.8. The summed E-state index contributed by atoms with van der Waals surface area (Å²) in [5.74, 6) is 0.485. The Morgan fingerprint density at radius 2 is 1.77 bits per heavy atom. The highest BCUT2D eigenvalue weighted by Gasteiger charge is 2.49. The number of hydrogen-bond donors (Lipinski definition) is 6. The van der Waals surface area contributed by atoms with Crippen LogP contribution < -0.4 is 0 Å². The van der Waals surface area contributed by atoms with E-state index in [2.05, 4.69) is 18.1 Å². The number of imidazole rings is 1. The van der Waals surface area contributed by atoms with Crippen molar-refractivity contribution in [3.8, 4) is 0 Å². The van der Waals surface area contributed by atoms with Crippen molar-refractivity contribution in [3.05, 3.63) is 18.2 Å². The number of aliphatic hydroxyl groups is 2. The lowest BCUT2D eigenvalue weighted by Gasteiger charge is -2.33. The molecule has 2 aliphatic heterocycles. The van der Waals surface area contributed by atoms with Gasteiger partial charge in [0.05, 0.1) is 6.61 Å². The third-order valence-electron chi connectivity index (χ3n) is 4.21. The summed E-state index contributed by atoms with van der Waals surface area (Å²) in [6.45, 7) is -0.885. The summed E-state index contributed by atoms with van der Waals surface area (Å²) in [7, 11) is -16.7. The Kier molecular flexibility index (Phi) is 6.93. The quantitative estimate of drug-likeness (QED) is 0.218. The number of rotatable bonds is 8. The number of hydrogen-bond acceptors (Lipinski definition) is 11. The Hall–Kier alpha value is -1.03. The summed E-state index contributed by atoms with van der Waals surface area (Å²) in [6, 6.07) is -0.594. The fraction of sp³-hybridized carbons (Fsp3) is 0.636. The van der Waals surface area contributed by atoms with Gasteiger partial charge in [0, 0.05) is 25.4 Å². The van der Waals surface area contributed by atoms with Crippen LogP contribution in [0.25, 0.3) is 0 Å². The van der Waals surface area contributed by atoms with Gasteiger partial charge in [-0.25, -0.2) is 23.5 Å². The summed E-state index contributed by atoms with van der Waals surface area (Å²) in [5, 5.41) is 20.4. The lowest BCUT2D eigenvalue weighted by atomic mass is 10.1. The first-order valence-corrected chi connectivity index (χ1v) is 12.8. The van der Waals surface area contributed by atoms with Gasteiger partial charge in [-0.15, -0.1) is 0 Å². The lowest BCUT2D eigenvalue weighted by molar-refractivity contribution is -0.0800. The van der Waals surface area contributed by atoms with Crippen LogP contribution in [0.4, 0.5) is 4.79 Å². The molecule has 0 radical (unpaired) electrons. The van der Waals surface area contributed by atoms with Gasteiger partial charge in [0.15, 0.2) is 6.23 Å². The average molecular weight is 509 g/mol. The predicted molar refractivity (Wildman–Crippen MR) is 93.9 cm³/mol. The van der Waals surface area contributed by atoms with Crippen molar-refractivity contribution >= 4 is 29.5 Å². The first kappa shape index (κ1) is 24.6. The minimum Gasteiger partial charge on any atom is -0.387 e. The molecule has 0 bridgehead atoms. The molecule has 0 aliphatic carbocycles. The van der Waals surface area contributed by atoms with Gasteiger partial charge in [-0.1, -0.05) is 0 Å². The number of fused-ring (bicyclic) bond motifs is 1. The SMILES string of the molecule is O=C1N([C@@H]2O[C@H](COP(=O)(O)OP(=O)(O)OP(=O)(O)O)[C@@H](O)[C@H]2O)CCc2nccn21. The molecule has 176 valence electrons. The van der Waals surface area contributed by atoms with Crippen LogP contribution >= 0.6 is 23.5 Å². The molecule has 3 rings (SSSR count). The maximum absolute atomic E-state index is 12.5. The minimum atomic E-state index is -5.71. The maximum Gasteiger partial charge on any atom is 0.490 e. The van der Waals surface area contributed by atoms with Crippen LogP contribution in [0, 0.1) is 0 Å². The maximum atomic E-state index is 12.5. The summed E-state index contributed by atoms with van der Waals surface area (Å²) < 4.78 is 51.8. The smallest absolute Gasteiger partial charge is 0.387 e. The molecule has 2 aliphatic rings. The molecule has 1 amide bonds. The van der Waals surface area contributed by atoms with Crippen molar-refractivity contribution in [3.63, 3.8) is 0 Å². The highest BCUT2D eigenvalue weighted by Crippen LogP contribution is 2.66. The van der Waals surface area contributed by atoms with Crippen molar-refractivity contribution < 1.29 is 66.2 Å². The topological polar surface area (TPSA) is 248 Å². The van der Waals surface area contributed by atoms with E-state index >= 15 is 0 Å². The fourth-order valence-corrected chi connectivity index (χ4v) is 6.01. The summed E-state index contributed by atoms with van der Waals surface area (Å²) >= 11 is 0. The number of aliphatic hydroxyl groups excluding tert-OH is 2. The Morgan fingerprint density at radius 1 is 1.10 bits per heavy atom. The first-order valence-electron chi connectivity index (χ1n) is 8.32. The molecule has 6 atom stereocenters. The van der Waals surface area contributed by atoms with Gasteiger partial charge in [-0.05, 0) is 0 Å². The van der Waals surface area contributed by atoms with E-state index in [9.17, 15) is 33.6 Å². The zero-order valence-corrected chi connectivity index (χ0v) is 17.9. The number of carbonyl (C=O) groups is 1. The van der Waals surface area contributed by atoms with Crippen LogP contribution in [0.3, 0.4) is 0 Å². The zero-order valence-electron chi connectivity index (χ0n) is 15.2. The number of phosphoric acid groups is 3. The number of aromatic nitrogens is 2. The molecule has 1 saturated heterocycles. The van der Waals surface area contributed by atoms with Crippen LogP contribution in [0.1, 0.15) is 5.82 Å². The van der Waals surface area contributed by atoms with Crippen LogP contribution in [-0.4, -0.2) is 88.0 Å². The van der Waals surface area contributed by atoms with E-state index in [-0.39, 0.29) is 6.54 Å². The van der Waals surface area contributed by atoms with Gasteiger partial charge in [-0.3, -0.25) is 14.0 Å². The average Bonchev–Trinajstić information content (AvgIpc) is 3.17. The van der Waals surface area contributed by atoms with Crippen LogP contribution in [-0.2, 0) is 38.0 Å². The summed E-state index contributed by atoms with van der Waals surface area (Å²) in [5.41, 5.74) is 0. The molecule has 6 N–H and O–H groups in total. The molecular formula is C11H18N3O14P3. The third kappa shape index (κ3) is 5.86. The molecule has 0 spiro atoms. The standard InChI is InChI=1S/C11H18N3O14P3/c15-8-6(5-25-30(21,22)28-31(23,24)27-29(18,19)20)26-10(9(8)16)14-3-1-7-12-2-4-13(7)11(14)17/h2,4,6,8-10,15-16H,1,3,5H2,(H,21,22)(H,23,24)(H2,18,19,20)/t6-,8-,9-,10-/m1/s1. The molecule has 17 nitrogen and oxygen atoms in total. The van der Waals surface area contributed by atoms with E-state index in [0.29, 0.717) is 12.2 Å².